The maximum atomic E-state index is 14.1. The zero-order valence-corrected chi connectivity index (χ0v) is 30.3. The summed E-state index contributed by atoms with van der Waals surface area (Å²) in [6.45, 7) is 8.01. The Morgan fingerprint density at radius 1 is 1.11 bits per heavy atom. The summed E-state index contributed by atoms with van der Waals surface area (Å²) in [6, 6.07) is 18.2. The van der Waals surface area contributed by atoms with Gasteiger partial charge in [-0.1, -0.05) is 53.3 Å². The van der Waals surface area contributed by atoms with Gasteiger partial charge in [0.1, 0.15) is 24.1 Å². The standard InChI is InChI=1S/C33H29ClI2N2O5S/c1-5-41-32(40)28-19(4)37-33-38(29(28)23-8-6-7-9-26(23)43-18(2)3)31(39)27(44-33)16-21-14-24(35)30(25(36)15-21)42-17-20-10-12-22(34)13-11-20/h6-16,18,29H,5,17H2,1-4H3/b27-16+/t29-/m0/s1. The average molecular weight is 855 g/mol. The van der Waals surface area contributed by atoms with Crippen molar-refractivity contribution in [3.05, 3.63) is 120 Å². The number of para-hydroxylation sites is 1. The van der Waals surface area contributed by atoms with Gasteiger partial charge < -0.3 is 14.2 Å². The molecule has 0 bridgehead atoms. The van der Waals surface area contributed by atoms with Gasteiger partial charge in [-0.05, 0) is 120 Å². The van der Waals surface area contributed by atoms with E-state index in [9.17, 15) is 9.59 Å². The molecule has 0 unspecified atom stereocenters. The third kappa shape index (κ3) is 7.08. The molecule has 0 fully saturated rings. The smallest absolute Gasteiger partial charge is 0.338 e. The third-order valence-corrected chi connectivity index (χ3v) is 9.55. The highest BCUT2D eigenvalue weighted by Gasteiger charge is 2.35. The summed E-state index contributed by atoms with van der Waals surface area (Å²) in [4.78, 5) is 32.6. The van der Waals surface area contributed by atoms with Crippen molar-refractivity contribution in [2.75, 3.05) is 6.61 Å². The Morgan fingerprint density at radius 3 is 2.45 bits per heavy atom. The molecule has 0 spiro atoms. The summed E-state index contributed by atoms with van der Waals surface area (Å²) in [5.41, 5.74) is 3.13. The monoisotopic (exact) mass is 854 g/mol. The predicted octanol–water partition coefficient (Wildman–Crippen LogP) is 7.03. The summed E-state index contributed by atoms with van der Waals surface area (Å²) in [5.74, 6) is 0.860. The second kappa shape index (κ2) is 14.2. The van der Waals surface area contributed by atoms with Crippen LogP contribution in [-0.4, -0.2) is 23.2 Å². The van der Waals surface area contributed by atoms with E-state index >= 15 is 0 Å². The molecular formula is C33H29ClI2N2O5S. The average Bonchev–Trinajstić information content (AvgIpc) is 3.26. The number of nitrogens with zero attached hydrogens (tertiary/aromatic N) is 2. The Balaban J connectivity index is 1.58. The molecule has 4 aromatic rings. The van der Waals surface area contributed by atoms with Crippen molar-refractivity contribution in [2.24, 2.45) is 4.99 Å². The van der Waals surface area contributed by atoms with Crippen molar-refractivity contribution in [3.63, 3.8) is 0 Å². The van der Waals surface area contributed by atoms with Crippen LogP contribution in [-0.2, 0) is 16.1 Å². The largest absolute Gasteiger partial charge is 0.491 e. The number of rotatable bonds is 9. The molecule has 0 saturated heterocycles. The Hall–Kier alpha value is -2.68. The number of thiazole rings is 1. The van der Waals surface area contributed by atoms with Gasteiger partial charge in [-0.15, -0.1) is 0 Å². The lowest BCUT2D eigenvalue weighted by Gasteiger charge is -2.26. The predicted molar refractivity (Wildman–Crippen MR) is 190 cm³/mol. The van der Waals surface area contributed by atoms with E-state index in [1.54, 1.807) is 18.4 Å². The lowest BCUT2D eigenvalue weighted by atomic mass is 9.95. The number of allylic oxidation sites excluding steroid dienone is 1. The summed E-state index contributed by atoms with van der Waals surface area (Å²) < 4.78 is 21.6. The first kappa shape index (κ1) is 32.7. The number of fused-ring (bicyclic) bond motifs is 1. The zero-order chi connectivity index (χ0) is 31.5. The van der Waals surface area contributed by atoms with Gasteiger partial charge >= 0.3 is 5.97 Å². The Morgan fingerprint density at radius 2 is 1.80 bits per heavy atom. The number of hydrogen-bond acceptors (Lipinski definition) is 7. The Bertz CT molecular complexity index is 1910. The lowest BCUT2D eigenvalue weighted by Crippen LogP contribution is -2.40. The summed E-state index contributed by atoms with van der Waals surface area (Å²) in [6.07, 6.45) is 1.75. The molecule has 44 heavy (non-hydrogen) atoms. The van der Waals surface area contributed by atoms with Crippen molar-refractivity contribution in [1.29, 1.82) is 0 Å². The molecule has 5 rings (SSSR count). The van der Waals surface area contributed by atoms with Crippen LogP contribution in [0, 0.1) is 7.14 Å². The van der Waals surface area contributed by atoms with Gasteiger partial charge in [0.2, 0.25) is 0 Å². The number of aromatic nitrogens is 1. The van der Waals surface area contributed by atoms with Gasteiger partial charge in [-0.3, -0.25) is 9.36 Å². The molecule has 0 saturated carbocycles. The van der Waals surface area contributed by atoms with Crippen molar-refractivity contribution in [3.8, 4) is 11.5 Å². The second-order valence-electron chi connectivity index (χ2n) is 10.2. The van der Waals surface area contributed by atoms with Crippen molar-refractivity contribution in [2.45, 2.75) is 46.4 Å². The maximum Gasteiger partial charge on any atom is 0.338 e. The third-order valence-electron chi connectivity index (χ3n) is 6.71. The molecular weight excluding hydrogens is 826 g/mol. The van der Waals surface area contributed by atoms with Crippen LogP contribution >= 0.6 is 68.1 Å². The highest BCUT2D eigenvalue weighted by atomic mass is 127. The van der Waals surface area contributed by atoms with Crippen LogP contribution in [0.5, 0.6) is 11.5 Å². The molecule has 1 aliphatic rings. The van der Waals surface area contributed by atoms with E-state index in [-0.39, 0.29) is 18.3 Å². The van der Waals surface area contributed by atoms with Crippen molar-refractivity contribution >= 4 is 80.2 Å². The first-order valence-corrected chi connectivity index (χ1v) is 17.2. The van der Waals surface area contributed by atoms with E-state index in [1.807, 2.05) is 80.6 Å². The summed E-state index contributed by atoms with van der Waals surface area (Å²) >= 11 is 11.8. The zero-order valence-electron chi connectivity index (χ0n) is 24.4. The minimum Gasteiger partial charge on any atom is -0.491 e. The van der Waals surface area contributed by atoms with Crippen molar-refractivity contribution in [1.82, 2.24) is 4.57 Å². The van der Waals surface area contributed by atoms with Crippen LogP contribution in [0.25, 0.3) is 6.08 Å². The highest BCUT2D eigenvalue weighted by molar-refractivity contribution is 14.1. The normalized spacial score (nSPS) is 14.8. The summed E-state index contributed by atoms with van der Waals surface area (Å²) in [5, 5.41) is 0.680. The van der Waals surface area contributed by atoms with E-state index in [2.05, 4.69) is 45.2 Å². The first-order chi connectivity index (χ1) is 21.1. The Kier molecular flexibility index (Phi) is 10.5. The molecule has 228 valence electrons. The quantitative estimate of drug-likeness (QED) is 0.134. The topological polar surface area (TPSA) is 79.1 Å². The molecule has 7 nitrogen and oxygen atoms in total. The van der Waals surface area contributed by atoms with E-state index in [0.717, 1.165) is 24.0 Å². The molecule has 0 aliphatic carbocycles. The van der Waals surface area contributed by atoms with E-state index < -0.39 is 12.0 Å². The minimum absolute atomic E-state index is 0.105. The van der Waals surface area contributed by atoms with Gasteiger partial charge in [-0.2, -0.15) is 0 Å². The summed E-state index contributed by atoms with van der Waals surface area (Å²) in [7, 11) is 0. The fourth-order valence-corrected chi connectivity index (χ4v) is 8.14. The van der Waals surface area contributed by atoms with Gasteiger partial charge in [0, 0.05) is 10.6 Å². The minimum atomic E-state index is -0.758. The van der Waals surface area contributed by atoms with E-state index in [4.69, 9.17) is 30.8 Å². The van der Waals surface area contributed by atoms with Crippen LogP contribution in [0.4, 0.5) is 0 Å². The van der Waals surface area contributed by atoms with Crippen LogP contribution in [0.2, 0.25) is 5.02 Å². The molecule has 11 heteroatoms. The van der Waals surface area contributed by atoms with Crippen molar-refractivity contribution < 1.29 is 19.0 Å². The van der Waals surface area contributed by atoms with Gasteiger partial charge in [0.25, 0.3) is 5.56 Å². The number of carbonyl (C=O) groups is 1. The molecule has 0 N–H and O–H groups in total. The maximum absolute atomic E-state index is 14.1. The number of halogens is 3. The van der Waals surface area contributed by atoms with Crippen LogP contribution in [0.15, 0.2) is 81.7 Å². The number of esters is 1. The van der Waals surface area contributed by atoms with Gasteiger partial charge in [-0.25, -0.2) is 9.79 Å². The van der Waals surface area contributed by atoms with Gasteiger partial charge in [0.15, 0.2) is 4.80 Å². The molecule has 1 atom stereocenters. The SMILES string of the molecule is CCOC(=O)C1=C(C)N=c2s/c(=C/c3cc(I)c(OCc4ccc(Cl)cc4)c(I)c3)c(=O)n2[C@H]1c1ccccc1OC(C)C. The Labute approximate surface area is 291 Å². The first-order valence-electron chi connectivity index (χ1n) is 13.9. The highest BCUT2D eigenvalue weighted by Crippen LogP contribution is 2.36. The number of hydrogen-bond donors (Lipinski definition) is 0. The molecule has 2 heterocycles. The van der Waals surface area contributed by atoms with E-state index in [1.165, 1.54) is 11.3 Å². The molecule has 0 amide bonds. The molecule has 1 aromatic heterocycles. The van der Waals surface area contributed by atoms with Crippen LogP contribution < -0.4 is 24.4 Å². The second-order valence-corrected chi connectivity index (χ2v) is 14.0. The fraction of sp³-hybridized carbons (Fsp3) is 0.242. The molecule has 0 radical (unpaired) electrons. The van der Waals surface area contributed by atoms with Crippen LogP contribution in [0.1, 0.15) is 50.4 Å². The lowest BCUT2D eigenvalue weighted by molar-refractivity contribution is -0.139. The van der Waals surface area contributed by atoms with Gasteiger partial charge in [0.05, 0.1) is 35.7 Å². The number of benzene rings is 3. The van der Waals surface area contributed by atoms with Crippen LogP contribution in [0.3, 0.4) is 0 Å². The molecule has 1 aliphatic heterocycles. The molecule has 3 aromatic carbocycles. The number of ether oxygens (including phenoxy) is 3. The fourth-order valence-electron chi connectivity index (χ4n) is 4.84. The number of carbonyl (C=O) groups excluding carboxylic acids is 1. The van der Waals surface area contributed by atoms with E-state index in [0.29, 0.717) is 43.5 Å².